The number of hydrogen-bond donors (Lipinski definition) is 0. The molecule has 0 N–H and O–H groups in total. The number of hydrogen-bond acceptors (Lipinski definition) is 3. The van der Waals surface area contributed by atoms with E-state index in [0.717, 1.165) is 22.5 Å². The Kier molecular flexibility index (Phi) is 5.14. The topological polar surface area (TPSA) is 61.2 Å². The maximum atomic E-state index is 12.6. The Morgan fingerprint density at radius 2 is 2.00 bits per heavy atom. The van der Waals surface area contributed by atoms with Gasteiger partial charge in [-0.1, -0.05) is 13.0 Å². The fraction of sp³-hybridized carbons (Fsp3) is 0.417. The average Bonchev–Trinajstić information content (AvgIpc) is 2.37. The van der Waals surface area contributed by atoms with E-state index in [1.54, 1.807) is 13.0 Å². The molecule has 4 nitrogen and oxygen atoms in total. The number of halogens is 3. The summed E-state index contributed by atoms with van der Waals surface area (Å²) in [6.45, 7) is 1.39. The standard InChI is InChI=1S/C12H13F3N2O2S/c1-2-7-17(8-6-16)20(18,19)11-5-3-4-10(9-11)12(13,14)15/h3-5,9H,2,7-8H2,1H3. The molecule has 1 aromatic carbocycles. The van der Waals surface area contributed by atoms with Gasteiger partial charge in [0.15, 0.2) is 0 Å². The summed E-state index contributed by atoms with van der Waals surface area (Å²) >= 11 is 0. The molecule has 1 rings (SSSR count). The third-order valence-electron chi connectivity index (χ3n) is 2.52. The van der Waals surface area contributed by atoms with Crippen LogP contribution in [0.1, 0.15) is 18.9 Å². The first kappa shape index (κ1) is 16.5. The minimum absolute atomic E-state index is 0.0755. The highest BCUT2D eigenvalue weighted by Crippen LogP contribution is 2.31. The molecule has 0 aliphatic heterocycles. The molecule has 110 valence electrons. The van der Waals surface area contributed by atoms with Gasteiger partial charge in [-0.2, -0.15) is 22.7 Å². The van der Waals surface area contributed by atoms with Gasteiger partial charge in [0.25, 0.3) is 0 Å². The Balaban J connectivity index is 3.25. The zero-order valence-corrected chi connectivity index (χ0v) is 11.5. The van der Waals surface area contributed by atoms with Crippen LogP contribution in [0.5, 0.6) is 0 Å². The maximum Gasteiger partial charge on any atom is 0.416 e. The lowest BCUT2D eigenvalue weighted by Crippen LogP contribution is -2.32. The van der Waals surface area contributed by atoms with Crippen molar-refractivity contribution < 1.29 is 21.6 Å². The molecule has 0 amide bonds. The van der Waals surface area contributed by atoms with Crippen LogP contribution in [-0.2, 0) is 16.2 Å². The van der Waals surface area contributed by atoms with E-state index in [4.69, 9.17) is 5.26 Å². The first-order chi connectivity index (χ1) is 9.23. The summed E-state index contributed by atoms with van der Waals surface area (Å²) in [6.07, 6.45) is -4.16. The molecular weight excluding hydrogens is 293 g/mol. The van der Waals surface area contributed by atoms with Gasteiger partial charge in [0.1, 0.15) is 6.54 Å². The summed E-state index contributed by atoms with van der Waals surface area (Å²) in [5, 5.41) is 8.62. The van der Waals surface area contributed by atoms with Crippen LogP contribution in [0.4, 0.5) is 13.2 Å². The molecule has 0 heterocycles. The second-order valence-corrected chi connectivity index (χ2v) is 5.96. The van der Waals surface area contributed by atoms with Crippen LogP contribution in [0.2, 0.25) is 0 Å². The lowest BCUT2D eigenvalue weighted by atomic mass is 10.2. The van der Waals surface area contributed by atoms with Crippen LogP contribution in [0.25, 0.3) is 0 Å². The summed E-state index contributed by atoms with van der Waals surface area (Å²) in [5.74, 6) is 0. The molecule has 0 bridgehead atoms. The van der Waals surface area contributed by atoms with Gasteiger partial charge in [-0.3, -0.25) is 0 Å². The molecule has 0 aromatic heterocycles. The number of alkyl halides is 3. The molecule has 0 aliphatic rings. The fourth-order valence-corrected chi connectivity index (χ4v) is 3.07. The predicted molar refractivity (Wildman–Crippen MR) is 66.1 cm³/mol. The molecule has 20 heavy (non-hydrogen) atoms. The van der Waals surface area contributed by atoms with E-state index in [2.05, 4.69) is 0 Å². The van der Waals surface area contributed by atoms with Gasteiger partial charge < -0.3 is 0 Å². The van der Waals surface area contributed by atoms with Gasteiger partial charge in [0, 0.05) is 6.54 Å². The molecule has 0 radical (unpaired) electrons. The number of benzene rings is 1. The third-order valence-corrected chi connectivity index (χ3v) is 4.36. The molecule has 0 aliphatic carbocycles. The van der Waals surface area contributed by atoms with Crippen molar-refractivity contribution in [2.75, 3.05) is 13.1 Å². The van der Waals surface area contributed by atoms with Gasteiger partial charge in [-0.25, -0.2) is 8.42 Å². The first-order valence-electron chi connectivity index (χ1n) is 5.78. The highest BCUT2D eigenvalue weighted by molar-refractivity contribution is 7.89. The Hall–Kier alpha value is -1.59. The van der Waals surface area contributed by atoms with Crippen LogP contribution < -0.4 is 0 Å². The van der Waals surface area contributed by atoms with Gasteiger partial charge >= 0.3 is 6.18 Å². The summed E-state index contributed by atoms with van der Waals surface area (Å²) < 4.78 is 63.0. The van der Waals surface area contributed by atoms with E-state index < -0.39 is 33.2 Å². The van der Waals surface area contributed by atoms with Crippen LogP contribution in [0.3, 0.4) is 0 Å². The highest BCUT2D eigenvalue weighted by Gasteiger charge is 2.32. The number of rotatable bonds is 5. The van der Waals surface area contributed by atoms with Gasteiger partial charge in [0.2, 0.25) is 10.0 Å². The number of nitrogens with zero attached hydrogens (tertiary/aromatic N) is 2. The van der Waals surface area contributed by atoms with E-state index in [1.165, 1.54) is 0 Å². The van der Waals surface area contributed by atoms with Crippen LogP contribution in [0, 0.1) is 11.3 Å². The van der Waals surface area contributed by atoms with Crippen molar-refractivity contribution in [2.24, 2.45) is 0 Å². The lowest BCUT2D eigenvalue weighted by molar-refractivity contribution is -0.137. The monoisotopic (exact) mass is 306 g/mol. The van der Waals surface area contributed by atoms with Crippen LogP contribution in [0.15, 0.2) is 29.2 Å². The molecule has 0 unspecified atom stereocenters. The Labute approximate surface area is 115 Å². The second-order valence-electron chi connectivity index (χ2n) is 4.02. The summed E-state index contributed by atoms with van der Waals surface area (Å²) in [6, 6.07) is 5.20. The minimum Gasteiger partial charge on any atom is -0.207 e. The van der Waals surface area contributed by atoms with Crippen molar-refractivity contribution in [2.45, 2.75) is 24.4 Å². The van der Waals surface area contributed by atoms with E-state index in [0.29, 0.717) is 12.5 Å². The molecule has 0 fully saturated rings. The molecule has 8 heteroatoms. The van der Waals surface area contributed by atoms with Crippen molar-refractivity contribution in [3.8, 4) is 6.07 Å². The quantitative estimate of drug-likeness (QED) is 0.786. The van der Waals surface area contributed by atoms with Crippen molar-refractivity contribution in [3.05, 3.63) is 29.8 Å². The van der Waals surface area contributed by atoms with Crippen molar-refractivity contribution in [1.82, 2.24) is 4.31 Å². The molecule has 0 saturated heterocycles. The Morgan fingerprint density at radius 3 is 2.50 bits per heavy atom. The minimum atomic E-state index is -4.61. The van der Waals surface area contributed by atoms with E-state index in [1.807, 2.05) is 0 Å². The van der Waals surface area contributed by atoms with E-state index in [9.17, 15) is 21.6 Å². The SMILES string of the molecule is CCCN(CC#N)S(=O)(=O)c1cccc(C(F)(F)F)c1. The molecule has 0 spiro atoms. The third kappa shape index (κ3) is 3.71. The molecule has 0 saturated carbocycles. The van der Waals surface area contributed by atoms with E-state index in [-0.39, 0.29) is 6.54 Å². The highest BCUT2D eigenvalue weighted by atomic mass is 32.2. The normalized spacial score (nSPS) is 12.4. The zero-order valence-electron chi connectivity index (χ0n) is 10.7. The average molecular weight is 306 g/mol. The fourth-order valence-electron chi connectivity index (χ4n) is 1.59. The second kappa shape index (κ2) is 6.24. The summed E-state index contributed by atoms with van der Waals surface area (Å²) in [7, 11) is -4.10. The molecule has 0 atom stereocenters. The summed E-state index contributed by atoms with van der Waals surface area (Å²) in [5.41, 5.74) is -1.04. The lowest BCUT2D eigenvalue weighted by Gasteiger charge is -2.19. The molecular formula is C12H13F3N2O2S. The van der Waals surface area contributed by atoms with Crippen LogP contribution in [-0.4, -0.2) is 25.8 Å². The van der Waals surface area contributed by atoms with Gasteiger partial charge in [0.05, 0.1) is 16.5 Å². The van der Waals surface area contributed by atoms with Crippen molar-refractivity contribution in [3.63, 3.8) is 0 Å². The Morgan fingerprint density at radius 1 is 1.35 bits per heavy atom. The number of sulfonamides is 1. The van der Waals surface area contributed by atoms with Crippen molar-refractivity contribution >= 4 is 10.0 Å². The van der Waals surface area contributed by atoms with Crippen LogP contribution >= 0.6 is 0 Å². The van der Waals surface area contributed by atoms with Crippen molar-refractivity contribution in [1.29, 1.82) is 5.26 Å². The Bertz CT molecular complexity index is 606. The maximum absolute atomic E-state index is 12.6. The predicted octanol–water partition coefficient (Wildman–Crippen LogP) is 2.63. The summed E-state index contributed by atoms with van der Waals surface area (Å²) in [4.78, 5) is -0.462. The van der Waals surface area contributed by atoms with Gasteiger partial charge in [-0.15, -0.1) is 0 Å². The number of nitriles is 1. The van der Waals surface area contributed by atoms with Gasteiger partial charge in [-0.05, 0) is 24.6 Å². The first-order valence-corrected chi connectivity index (χ1v) is 7.22. The smallest absolute Gasteiger partial charge is 0.207 e. The zero-order chi connectivity index (χ0) is 15.4. The largest absolute Gasteiger partial charge is 0.416 e. The van der Waals surface area contributed by atoms with E-state index >= 15 is 0 Å². The molecule has 1 aromatic rings.